The van der Waals surface area contributed by atoms with Crippen molar-refractivity contribution in [2.75, 3.05) is 19.3 Å². The number of hydrogen-bond donors (Lipinski definition) is 0. The van der Waals surface area contributed by atoms with Crippen molar-refractivity contribution in [1.29, 1.82) is 0 Å². The van der Waals surface area contributed by atoms with Crippen LogP contribution in [0.2, 0.25) is 0 Å². The fourth-order valence-electron chi connectivity index (χ4n) is 2.54. The first kappa shape index (κ1) is 14.5. The van der Waals surface area contributed by atoms with Gasteiger partial charge in [-0.2, -0.15) is 0 Å². The maximum absolute atomic E-state index is 13.2. The zero-order valence-corrected chi connectivity index (χ0v) is 13.0. The number of halogens is 1. The van der Waals surface area contributed by atoms with Crippen molar-refractivity contribution in [2.24, 2.45) is 0 Å². The smallest absolute Gasteiger partial charge is 0.264 e. The maximum Gasteiger partial charge on any atom is 0.264 e. The molecule has 1 amide bonds. The largest absolute Gasteiger partial charge is 0.337 e. The summed E-state index contributed by atoms with van der Waals surface area (Å²) in [5.74, 6) is -0.514. The number of fused-ring (bicyclic) bond motifs is 1. The van der Waals surface area contributed by atoms with Gasteiger partial charge in [0.15, 0.2) is 9.84 Å². The lowest BCUT2D eigenvalue weighted by Crippen LogP contribution is -2.31. The van der Waals surface area contributed by atoms with E-state index in [1.807, 2.05) is 0 Å². The molecule has 1 aliphatic heterocycles. The van der Waals surface area contributed by atoms with E-state index in [9.17, 15) is 17.6 Å². The van der Waals surface area contributed by atoms with Gasteiger partial charge in [0.1, 0.15) is 5.82 Å². The Hall–Kier alpha value is -1.47. The van der Waals surface area contributed by atoms with Crippen molar-refractivity contribution in [3.8, 4) is 0 Å². The van der Waals surface area contributed by atoms with E-state index in [4.69, 9.17) is 0 Å². The van der Waals surface area contributed by atoms with Gasteiger partial charge in [0.05, 0.1) is 10.1 Å². The van der Waals surface area contributed by atoms with Crippen LogP contribution in [0.25, 0.3) is 10.1 Å². The van der Waals surface area contributed by atoms with Gasteiger partial charge in [0.25, 0.3) is 5.91 Å². The second-order valence-electron chi connectivity index (χ2n) is 5.28. The van der Waals surface area contributed by atoms with Crippen molar-refractivity contribution in [3.05, 3.63) is 35.0 Å². The second kappa shape index (κ2) is 5.06. The summed E-state index contributed by atoms with van der Waals surface area (Å²) < 4.78 is 37.1. The Morgan fingerprint density at radius 3 is 2.81 bits per heavy atom. The summed E-state index contributed by atoms with van der Waals surface area (Å²) in [4.78, 5) is 14.5. The molecule has 1 saturated heterocycles. The van der Waals surface area contributed by atoms with Gasteiger partial charge in [-0.25, -0.2) is 12.8 Å². The lowest BCUT2D eigenvalue weighted by atomic mass is 10.2. The van der Waals surface area contributed by atoms with Crippen LogP contribution < -0.4 is 0 Å². The second-order valence-corrected chi connectivity index (χ2v) is 8.69. The monoisotopic (exact) mass is 327 g/mol. The molecule has 112 valence electrons. The molecular weight excluding hydrogens is 313 g/mol. The molecule has 0 saturated carbocycles. The molecule has 0 N–H and O–H groups in total. The third-order valence-corrected chi connectivity index (χ3v) is 6.43. The molecule has 1 aromatic carbocycles. The Kier molecular flexibility index (Phi) is 3.49. The number of rotatable bonds is 2. The molecule has 1 unspecified atom stereocenters. The van der Waals surface area contributed by atoms with Gasteiger partial charge < -0.3 is 4.90 Å². The number of benzene rings is 1. The lowest BCUT2D eigenvalue weighted by molar-refractivity contribution is 0.0798. The molecule has 0 bridgehead atoms. The number of hydrogen-bond acceptors (Lipinski definition) is 4. The summed E-state index contributed by atoms with van der Waals surface area (Å²) in [5.41, 5.74) is 0. The quantitative estimate of drug-likeness (QED) is 0.850. The van der Waals surface area contributed by atoms with Gasteiger partial charge in [-0.1, -0.05) is 0 Å². The summed E-state index contributed by atoms with van der Waals surface area (Å²) in [6, 6.07) is 6.07. The van der Waals surface area contributed by atoms with Gasteiger partial charge in [-0.15, -0.1) is 11.3 Å². The Morgan fingerprint density at radius 2 is 2.14 bits per heavy atom. The van der Waals surface area contributed by atoms with Gasteiger partial charge >= 0.3 is 0 Å². The third-order valence-electron chi connectivity index (χ3n) is 3.73. The van der Waals surface area contributed by atoms with Crippen LogP contribution in [0.4, 0.5) is 4.39 Å². The topological polar surface area (TPSA) is 54.5 Å². The molecule has 1 aliphatic rings. The number of carbonyl (C=O) groups excluding carboxylic acids is 1. The number of amides is 1. The molecule has 0 aliphatic carbocycles. The van der Waals surface area contributed by atoms with Crippen molar-refractivity contribution < 1.29 is 17.6 Å². The molecule has 7 heteroatoms. The highest BCUT2D eigenvalue weighted by Crippen LogP contribution is 2.28. The Morgan fingerprint density at radius 1 is 1.38 bits per heavy atom. The van der Waals surface area contributed by atoms with Crippen molar-refractivity contribution in [3.63, 3.8) is 0 Å². The maximum atomic E-state index is 13.2. The molecule has 0 spiro atoms. The van der Waals surface area contributed by atoms with Gasteiger partial charge in [-0.05, 0) is 36.1 Å². The number of sulfone groups is 1. The van der Waals surface area contributed by atoms with Crippen molar-refractivity contribution >= 4 is 37.2 Å². The number of nitrogens with zero attached hydrogens (tertiary/aromatic N) is 1. The van der Waals surface area contributed by atoms with E-state index >= 15 is 0 Å². The minimum atomic E-state index is -3.12. The van der Waals surface area contributed by atoms with Gasteiger partial charge in [0.2, 0.25) is 0 Å². The fourth-order valence-corrected chi connectivity index (χ4v) is 4.53. The van der Waals surface area contributed by atoms with Crippen LogP contribution in [0.15, 0.2) is 24.3 Å². The number of likely N-dealkylation sites (tertiary alicyclic amines) is 1. The van der Waals surface area contributed by atoms with Crippen LogP contribution in [0.5, 0.6) is 0 Å². The first-order chi connectivity index (χ1) is 9.84. The summed E-state index contributed by atoms with van der Waals surface area (Å²) >= 11 is 1.30. The molecule has 1 aromatic heterocycles. The first-order valence-electron chi connectivity index (χ1n) is 6.52. The summed E-state index contributed by atoms with van der Waals surface area (Å²) in [5, 5.41) is 0.218. The number of thiophene rings is 1. The molecule has 21 heavy (non-hydrogen) atoms. The predicted octanol–water partition coefficient (Wildman–Crippen LogP) is 2.30. The fraction of sp³-hybridized carbons (Fsp3) is 0.357. The zero-order valence-electron chi connectivity index (χ0n) is 11.4. The van der Waals surface area contributed by atoms with E-state index in [2.05, 4.69) is 0 Å². The highest BCUT2D eigenvalue weighted by molar-refractivity contribution is 7.91. The summed E-state index contributed by atoms with van der Waals surface area (Å²) in [7, 11) is -3.12. The first-order valence-corrected chi connectivity index (χ1v) is 9.29. The highest BCUT2D eigenvalue weighted by Gasteiger charge is 2.33. The molecule has 2 heterocycles. The van der Waals surface area contributed by atoms with Crippen LogP contribution in [0.1, 0.15) is 16.1 Å². The van der Waals surface area contributed by atoms with E-state index in [1.165, 1.54) is 29.7 Å². The third kappa shape index (κ3) is 2.80. The SMILES string of the molecule is CS(=O)(=O)C1CCN(C(=O)c2cc3cc(F)ccc3s2)C1. The van der Waals surface area contributed by atoms with Crippen molar-refractivity contribution in [1.82, 2.24) is 4.90 Å². The molecule has 1 fully saturated rings. The molecule has 1 atom stereocenters. The zero-order chi connectivity index (χ0) is 15.2. The lowest BCUT2D eigenvalue weighted by Gasteiger charge is -2.14. The summed E-state index contributed by atoms with van der Waals surface area (Å²) in [6.07, 6.45) is 1.68. The highest BCUT2D eigenvalue weighted by atomic mass is 32.2. The minimum Gasteiger partial charge on any atom is -0.337 e. The Labute approximate surface area is 126 Å². The van der Waals surface area contributed by atoms with Crippen LogP contribution in [-0.4, -0.2) is 43.8 Å². The Balaban J connectivity index is 1.84. The Bertz CT molecular complexity index is 813. The molecule has 3 rings (SSSR count). The predicted molar refractivity (Wildman–Crippen MR) is 80.9 cm³/mol. The van der Waals surface area contributed by atoms with Crippen LogP contribution in [0.3, 0.4) is 0 Å². The van der Waals surface area contributed by atoms with E-state index in [1.54, 1.807) is 17.0 Å². The summed E-state index contributed by atoms with van der Waals surface area (Å²) in [6.45, 7) is 0.680. The number of carbonyl (C=O) groups is 1. The van der Waals surface area contributed by atoms with E-state index in [-0.39, 0.29) is 18.3 Å². The average Bonchev–Trinajstić information content (AvgIpc) is 3.03. The standard InChI is InChI=1S/C14H14FNO3S2/c1-21(18,19)11-4-5-16(8-11)14(17)13-7-9-6-10(15)2-3-12(9)20-13/h2-3,6-7,11H,4-5,8H2,1H3. The van der Waals surface area contributed by atoms with Gasteiger partial charge in [-0.3, -0.25) is 4.79 Å². The average molecular weight is 327 g/mol. The van der Waals surface area contributed by atoms with Gasteiger partial charge in [0, 0.05) is 24.0 Å². The normalized spacial score (nSPS) is 19.3. The molecule has 4 nitrogen and oxygen atoms in total. The molecule has 2 aromatic rings. The van der Waals surface area contributed by atoms with Crippen LogP contribution >= 0.6 is 11.3 Å². The van der Waals surface area contributed by atoms with Crippen LogP contribution in [-0.2, 0) is 9.84 Å². The van der Waals surface area contributed by atoms with E-state index in [0.29, 0.717) is 23.2 Å². The molecule has 0 radical (unpaired) electrons. The minimum absolute atomic E-state index is 0.178. The molecular formula is C14H14FNO3S2. The van der Waals surface area contributed by atoms with Crippen molar-refractivity contribution in [2.45, 2.75) is 11.7 Å². The van der Waals surface area contributed by atoms with E-state index in [0.717, 1.165) is 4.70 Å². The van der Waals surface area contributed by atoms with E-state index < -0.39 is 15.1 Å². The van der Waals surface area contributed by atoms with Crippen LogP contribution in [0, 0.1) is 5.82 Å².